The molecule has 1 atom stereocenters. The van der Waals surface area contributed by atoms with Gasteiger partial charge < -0.3 is 5.43 Å². The van der Waals surface area contributed by atoms with E-state index >= 15 is 0 Å². The Labute approximate surface area is 56.1 Å². The van der Waals surface area contributed by atoms with Crippen LogP contribution in [0.2, 0.25) is 5.82 Å². The summed E-state index contributed by atoms with van der Waals surface area (Å²) in [5, 5.41) is 4.25. The van der Waals surface area contributed by atoms with Gasteiger partial charge in [-0.15, -0.1) is 0 Å². The van der Waals surface area contributed by atoms with Gasteiger partial charge in [0.05, 0.1) is 0 Å². The van der Waals surface area contributed by atoms with Crippen LogP contribution in [-0.4, -0.2) is 20.1 Å². The van der Waals surface area contributed by atoms with Gasteiger partial charge >= 0.3 is 0 Å². The first-order chi connectivity index (χ1) is 4.38. The molecule has 2 aliphatic rings. The standard InChI is InChI=1S/C6H11BN2/c7-5-3-8-9-6(5)4-1-2-4/h4-5,8H,1-3,7H2. The molecule has 1 aliphatic heterocycles. The van der Waals surface area contributed by atoms with Gasteiger partial charge in [-0.1, -0.05) is 0 Å². The van der Waals surface area contributed by atoms with Gasteiger partial charge in [0.15, 0.2) is 0 Å². The Morgan fingerprint density at radius 2 is 2.33 bits per heavy atom. The molecular formula is C6H11BN2. The van der Waals surface area contributed by atoms with Crippen molar-refractivity contribution in [1.82, 2.24) is 5.43 Å². The number of hydrogen-bond acceptors (Lipinski definition) is 2. The number of nitrogens with zero attached hydrogens (tertiary/aromatic N) is 1. The quantitative estimate of drug-likeness (QED) is 0.477. The highest BCUT2D eigenvalue weighted by Gasteiger charge is 2.32. The van der Waals surface area contributed by atoms with Crippen LogP contribution in [0.1, 0.15) is 12.8 Å². The fourth-order valence-corrected chi connectivity index (χ4v) is 1.36. The van der Waals surface area contributed by atoms with Crippen LogP contribution < -0.4 is 5.43 Å². The van der Waals surface area contributed by atoms with Crippen molar-refractivity contribution < 1.29 is 0 Å². The van der Waals surface area contributed by atoms with Crippen molar-refractivity contribution >= 4 is 13.6 Å². The minimum Gasteiger partial charge on any atom is -0.310 e. The maximum Gasteiger partial charge on any atom is 0.115 e. The van der Waals surface area contributed by atoms with Crippen LogP contribution in [0.5, 0.6) is 0 Å². The molecule has 1 saturated carbocycles. The zero-order valence-electron chi connectivity index (χ0n) is 5.72. The highest BCUT2D eigenvalue weighted by atomic mass is 15.3. The Hall–Kier alpha value is -0.465. The maximum atomic E-state index is 4.25. The summed E-state index contributed by atoms with van der Waals surface area (Å²) < 4.78 is 0. The smallest absolute Gasteiger partial charge is 0.115 e. The lowest BCUT2D eigenvalue weighted by Gasteiger charge is -2.00. The monoisotopic (exact) mass is 122 g/mol. The van der Waals surface area contributed by atoms with Crippen molar-refractivity contribution in [1.29, 1.82) is 0 Å². The van der Waals surface area contributed by atoms with Gasteiger partial charge in [0.1, 0.15) is 7.85 Å². The lowest BCUT2D eigenvalue weighted by Crippen LogP contribution is -2.10. The molecule has 1 fully saturated rings. The molecule has 1 unspecified atom stereocenters. The summed E-state index contributed by atoms with van der Waals surface area (Å²) in [4.78, 5) is 0. The van der Waals surface area contributed by atoms with E-state index in [1.807, 2.05) is 0 Å². The molecule has 1 heterocycles. The molecule has 0 bridgehead atoms. The Morgan fingerprint density at radius 1 is 1.56 bits per heavy atom. The molecule has 0 spiro atoms. The van der Waals surface area contributed by atoms with E-state index in [9.17, 15) is 0 Å². The summed E-state index contributed by atoms with van der Waals surface area (Å²) in [5.74, 6) is 1.56. The molecule has 0 aromatic heterocycles. The van der Waals surface area contributed by atoms with Crippen LogP contribution in [0.15, 0.2) is 5.10 Å². The first-order valence-corrected chi connectivity index (χ1v) is 3.68. The van der Waals surface area contributed by atoms with Gasteiger partial charge in [-0.25, -0.2) is 0 Å². The third-order valence-electron chi connectivity index (χ3n) is 2.11. The Bertz CT molecular complexity index is 151. The number of nitrogens with one attached hydrogen (secondary N) is 1. The van der Waals surface area contributed by atoms with E-state index in [4.69, 9.17) is 0 Å². The number of hydrogen-bond donors (Lipinski definition) is 1. The first-order valence-electron chi connectivity index (χ1n) is 3.68. The molecule has 0 amide bonds. The van der Waals surface area contributed by atoms with Gasteiger partial charge in [0, 0.05) is 12.3 Å². The lowest BCUT2D eigenvalue weighted by atomic mass is 9.82. The second-order valence-corrected chi connectivity index (χ2v) is 3.07. The number of rotatable bonds is 1. The molecule has 1 N–H and O–H groups in total. The largest absolute Gasteiger partial charge is 0.310 e. The third-order valence-corrected chi connectivity index (χ3v) is 2.11. The Morgan fingerprint density at radius 3 is 2.78 bits per heavy atom. The van der Waals surface area contributed by atoms with Gasteiger partial charge in [0.25, 0.3) is 0 Å². The van der Waals surface area contributed by atoms with Gasteiger partial charge in [-0.3, -0.25) is 0 Å². The minimum atomic E-state index is 0.706. The van der Waals surface area contributed by atoms with E-state index < -0.39 is 0 Å². The highest BCUT2D eigenvalue weighted by Crippen LogP contribution is 2.35. The summed E-state index contributed by atoms with van der Waals surface area (Å²) in [7, 11) is 2.25. The highest BCUT2D eigenvalue weighted by molar-refractivity contribution is 6.27. The van der Waals surface area contributed by atoms with E-state index in [0.29, 0.717) is 5.82 Å². The number of hydrazone groups is 1. The maximum absolute atomic E-state index is 4.25. The van der Waals surface area contributed by atoms with Crippen molar-refractivity contribution in [2.45, 2.75) is 18.7 Å². The molecular weight excluding hydrogens is 111 g/mol. The van der Waals surface area contributed by atoms with Crippen LogP contribution in [0.3, 0.4) is 0 Å². The fourth-order valence-electron chi connectivity index (χ4n) is 1.36. The summed E-state index contributed by atoms with van der Waals surface area (Å²) in [6.07, 6.45) is 2.76. The van der Waals surface area contributed by atoms with E-state index in [2.05, 4.69) is 18.4 Å². The fraction of sp³-hybridized carbons (Fsp3) is 0.833. The second-order valence-electron chi connectivity index (χ2n) is 3.07. The summed E-state index contributed by atoms with van der Waals surface area (Å²) in [6, 6.07) is 0. The van der Waals surface area contributed by atoms with E-state index in [1.165, 1.54) is 18.6 Å². The zero-order chi connectivity index (χ0) is 6.27. The summed E-state index contributed by atoms with van der Waals surface area (Å²) in [5.41, 5.74) is 4.46. The van der Waals surface area contributed by atoms with Crippen LogP contribution in [0, 0.1) is 5.92 Å². The average Bonchev–Trinajstić information content (AvgIpc) is 2.58. The van der Waals surface area contributed by atoms with Gasteiger partial charge in [-0.05, 0) is 24.6 Å². The normalized spacial score (nSPS) is 33.8. The molecule has 9 heavy (non-hydrogen) atoms. The molecule has 48 valence electrons. The third kappa shape index (κ3) is 0.844. The van der Waals surface area contributed by atoms with Crippen LogP contribution in [0.4, 0.5) is 0 Å². The van der Waals surface area contributed by atoms with E-state index in [0.717, 1.165) is 12.5 Å². The molecule has 2 rings (SSSR count). The minimum absolute atomic E-state index is 0.706. The van der Waals surface area contributed by atoms with E-state index in [1.54, 1.807) is 0 Å². The predicted octanol–water partition coefficient (Wildman–Crippen LogP) is -0.223. The van der Waals surface area contributed by atoms with Gasteiger partial charge in [-0.2, -0.15) is 5.10 Å². The summed E-state index contributed by atoms with van der Waals surface area (Å²) in [6.45, 7) is 1.06. The van der Waals surface area contributed by atoms with Crippen LogP contribution in [-0.2, 0) is 0 Å². The van der Waals surface area contributed by atoms with Crippen molar-refractivity contribution in [2.24, 2.45) is 11.0 Å². The van der Waals surface area contributed by atoms with Crippen LogP contribution in [0.25, 0.3) is 0 Å². The SMILES string of the molecule is BC1CNN=C1C1CC1. The lowest BCUT2D eigenvalue weighted by molar-refractivity contribution is 0.812. The zero-order valence-corrected chi connectivity index (χ0v) is 5.72. The molecule has 2 nitrogen and oxygen atoms in total. The molecule has 0 saturated heterocycles. The van der Waals surface area contributed by atoms with Crippen molar-refractivity contribution in [3.63, 3.8) is 0 Å². The molecule has 3 heteroatoms. The first kappa shape index (κ1) is 5.33. The summed E-state index contributed by atoms with van der Waals surface area (Å²) >= 11 is 0. The predicted molar refractivity (Wildman–Crippen MR) is 40.5 cm³/mol. The van der Waals surface area contributed by atoms with Crippen molar-refractivity contribution in [2.75, 3.05) is 6.54 Å². The Balaban J connectivity index is 2.07. The molecule has 1 aliphatic carbocycles. The second kappa shape index (κ2) is 1.76. The molecule has 0 radical (unpaired) electrons. The van der Waals surface area contributed by atoms with Crippen molar-refractivity contribution in [3.05, 3.63) is 0 Å². The van der Waals surface area contributed by atoms with Gasteiger partial charge in [0.2, 0.25) is 0 Å². The molecule has 0 aromatic carbocycles. The van der Waals surface area contributed by atoms with Crippen molar-refractivity contribution in [3.8, 4) is 0 Å². The average molecular weight is 122 g/mol. The Kier molecular flexibility index (Phi) is 1.04. The van der Waals surface area contributed by atoms with Crippen LogP contribution >= 0.6 is 0 Å². The molecule has 0 aromatic rings. The van der Waals surface area contributed by atoms with E-state index in [-0.39, 0.29) is 0 Å². The topological polar surface area (TPSA) is 24.4 Å².